The third kappa shape index (κ3) is 5.20. The maximum Gasteiger partial charge on any atom is 0.141 e. The second kappa shape index (κ2) is 10.6. The minimum absolute atomic E-state index is 0. The molecule has 174 valence electrons. The Morgan fingerprint density at radius 3 is 2.62 bits per heavy atom. The quantitative estimate of drug-likeness (QED) is 0.245. The molecule has 0 aliphatic rings. The summed E-state index contributed by atoms with van der Waals surface area (Å²) in [7, 11) is 1.65. The van der Waals surface area contributed by atoms with Crippen molar-refractivity contribution in [3.8, 4) is 17.2 Å². The van der Waals surface area contributed by atoms with Gasteiger partial charge in [0.05, 0.1) is 27.9 Å². The molecule has 9 heteroatoms. The van der Waals surface area contributed by atoms with E-state index < -0.39 is 0 Å². The first kappa shape index (κ1) is 23.7. The number of aryl methyl sites for hydroxylation is 1. The number of halogens is 1. The summed E-state index contributed by atoms with van der Waals surface area (Å²) in [6, 6.07) is 17.7. The van der Waals surface area contributed by atoms with E-state index in [9.17, 15) is 0 Å². The van der Waals surface area contributed by atoms with Crippen LogP contribution in [0.25, 0.3) is 21.1 Å². The zero-order valence-electron chi connectivity index (χ0n) is 18.6. The molecule has 0 saturated heterocycles. The first-order chi connectivity index (χ1) is 16.2. The van der Waals surface area contributed by atoms with E-state index in [0.717, 1.165) is 49.6 Å². The highest BCUT2D eigenvalue weighted by molar-refractivity contribution is 7.16. The molecule has 0 saturated carbocycles. The highest BCUT2D eigenvalue weighted by Crippen LogP contribution is 2.32. The van der Waals surface area contributed by atoms with Gasteiger partial charge in [0.15, 0.2) is 0 Å². The van der Waals surface area contributed by atoms with Crippen molar-refractivity contribution in [3.63, 3.8) is 0 Å². The van der Waals surface area contributed by atoms with E-state index in [0.29, 0.717) is 19.0 Å². The molecule has 2 heterocycles. The Morgan fingerprint density at radius 1 is 0.882 bits per heavy atom. The summed E-state index contributed by atoms with van der Waals surface area (Å²) in [5.41, 5.74) is 5.52. The van der Waals surface area contributed by atoms with E-state index in [-0.39, 0.29) is 12.4 Å². The Kier molecular flexibility index (Phi) is 7.42. The van der Waals surface area contributed by atoms with Crippen LogP contribution < -0.4 is 14.8 Å². The number of rotatable bonds is 8. The molecule has 0 bridgehead atoms. The fraction of sp³-hybridized carbons (Fsp3) is 0.160. The van der Waals surface area contributed by atoms with Crippen LogP contribution in [0.15, 0.2) is 66.4 Å². The van der Waals surface area contributed by atoms with Crippen LogP contribution in [0.4, 0.5) is 11.5 Å². The van der Waals surface area contributed by atoms with Crippen molar-refractivity contribution in [2.45, 2.75) is 6.92 Å². The Morgan fingerprint density at radius 2 is 1.76 bits per heavy atom. The summed E-state index contributed by atoms with van der Waals surface area (Å²) in [5, 5.41) is 4.28. The Labute approximate surface area is 207 Å². The van der Waals surface area contributed by atoms with E-state index in [2.05, 4.69) is 20.3 Å². The van der Waals surface area contributed by atoms with E-state index in [1.807, 2.05) is 67.0 Å². The molecule has 2 aromatic heterocycles. The molecule has 0 radical (unpaired) electrons. The van der Waals surface area contributed by atoms with Crippen LogP contribution >= 0.6 is 23.7 Å². The number of anilines is 2. The van der Waals surface area contributed by atoms with Crippen molar-refractivity contribution >= 4 is 56.4 Å². The van der Waals surface area contributed by atoms with Gasteiger partial charge in [0.25, 0.3) is 0 Å². The van der Waals surface area contributed by atoms with Crippen LogP contribution in [0.1, 0.15) is 5.56 Å². The van der Waals surface area contributed by atoms with Gasteiger partial charge in [0, 0.05) is 24.2 Å². The number of nitrogens with zero attached hydrogens (tertiary/aromatic N) is 3. The van der Waals surface area contributed by atoms with Crippen LogP contribution in [0.3, 0.4) is 0 Å². The molecule has 0 spiro atoms. The molecule has 5 rings (SSSR count). The molecule has 0 atom stereocenters. The summed E-state index contributed by atoms with van der Waals surface area (Å²) in [6.45, 7) is 3.02. The molecule has 5 aromatic rings. The Balaban J connectivity index is 0.00000274. The van der Waals surface area contributed by atoms with Gasteiger partial charge in [0.2, 0.25) is 0 Å². The summed E-state index contributed by atoms with van der Waals surface area (Å²) >= 11 is 1.62. The standard InChI is InChI=1S/C25H22N4O3S.ClH/c1-16-11-17(3-7-23(16)32-19-5-8-24-22(13-19)28-15-33-24)29-25-20-12-18(31-10-9-30-2)4-6-21(20)26-14-27-25;/h3-8,11-15H,9-10H2,1-2H3,(H,26,27,29);1H. The molecule has 0 fully saturated rings. The molecule has 3 aromatic carbocycles. The fourth-order valence-electron chi connectivity index (χ4n) is 3.47. The highest BCUT2D eigenvalue weighted by atomic mass is 35.5. The van der Waals surface area contributed by atoms with Crippen LogP contribution in [0, 0.1) is 6.92 Å². The van der Waals surface area contributed by atoms with Crippen molar-refractivity contribution < 1.29 is 14.2 Å². The number of methoxy groups -OCH3 is 1. The van der Waals surface area contributed by atoms with Gasteiger partial charge in [-0.3, -0.25) is 0 Å². The van der Waals surface area contributed by atoms with E-state index in [1.165, 1.54) is 0 Å². The van der Waals surface area contributed by atoms with Crippen molar-refractivity contribution in [3.05, 3.63) is 72.0 Å². The molecular weight excluding hydrogens is 472 g/mol. The number of hydrogen-bond donors (Lipinski definition) is 1. The average molecular weight is 495 g/mol. The monoisotopic (exact) mass is 494 g/mol. The van der Waals surface area contributed by atoms with Crippen molar-refractivity contribution in [1.82, 2.24) is 15.0 Å². The summed E-state index contributed by atoms with van der Waals surface area (Å²) in [4.78, 5) is 13.2. The molecule has 0 aliphatic carbocycles. The van der Waals surface area contributed by atoms with Crippen LogP contribution in [0.5, 0.6) is 17.2 Å². The number of aromatic nitrogens is 3. The molecular formula is C25H23ClN4O3S. The van der Waals surface area contributed by atoms with Gasteiger partial charge >= 0.3 is 0 Å². The molecule has 1 N–H and O–H groups in total. The minimum Gasteiger partial charge on any atom is -0.491 e. The third-order valence-corrected chi connectivity index (χ3v) is 5.94. The molecule has 0 unspecified atom stereocenters. The first-order valence-electron chi connectivity index (χ1n) is 10.4. The number of hydrogen-bond acceptors (Lipinski definition) is 8. The maximum absolute atomic E-state index is 6.11. The number of nitrogens with one attached hydrogen (secondary N) is 1. The normalized spacial score (nSPS) is 10.8. The van der Waals surface area contributed by atoms with Gasteiger partial charge in [-0.25, -0.2) is 15.0 Å². The van der Waals surface area contributed by atoms with Crippen molar-refractivity contribution in [2.75, 3.05) is 25.6 Å². The van der Waals surface area contributed by atoms with E-state index >= 15 is 0 Å². The van der Waals surface area contributed by atoms with Gasteiger partial charge in [-0.05, 0) is 61.0 Å². The lowest BCUT2D eigenvalue weighted by Gasteiger charge is -2.13. The maximum atomic E-state index is 6.11. The predicted molar refractivity (Wildman–Crippen MR) is 138 cm³/mol. The zero-order chi connectivity index (χ0) is 22.6. The first-order valence-corrected chi connectivity index (χ1v) is 11.3. The van der Waals surface area contributed by atoms with Gasteiger partial charge < -0.3 is 19.5 Å². The average Bonchev–Trinajstić information content (AvgIpc) is 3.29. The molecule has 0 aliphatic heterocycles. The van der Waals surface area contributed by atoms with Crippen LogP contribution in [-0.2, 0) is 4.74 Å². The van der Waals surface area contributed by atoms with Crippen LogP contribution in [-0.4, -0.2) is 35.3 Å². The Hall–Kier alpha value is -3.46. The molecule has 34 heavy (non-hydrogen) atoms. The van der Waals surface area contributed by atoms with E-state index in [4.69, 9.17) is 14.2 Å². The second-order valence-electron chi connectivity index (χ2n) is 7.43. The number of benzene rings is 3. The SMILES string of the molecule is COCCOc1ccc2ncnc(Nc3ccc(Oc4ccc5scnc5c4)c(C)c3)c2c1.Cl. The topological polar surface area (TPSA) is 78.4 Å². The summed E-state index contributed by atoms with van der Waals surface area (Å²) in [6.07, 6.45) is 1.55. The van der Waals surface area contributed by atoms with Gasteiger partial charge in [-0.2, -0.15) is 0 Å². The second-order valence-corrected chi connectivity index (χ2v) is 8.32. The largest absolute Gasteiger partial charge is 0.491 e. The lowest BCUT2D eigenvalue weighted by atomic mass is 10.2. The number of thiazole rings is 1. The number of ether oxygens (including phenoxy) is 3. The molecule has 7 nitrogen and oxygen atoms in total. The van der Waals surface area contributed by atoms with Gasteiger partial charge in [-0.1, -0.05) is 0 Å². The fourth-order valence-corrected chi connectivity index (χ4v) is 4.13. The summed E-state index contributed by atoms with van der Waals surface area (Å²) in [5.74, 6) is 3.00. The zero-order valence-corrected chi connectivity index (χ0v) is 20.3. The van der Waals surface area contributed by atoms with Gasteiger partial charge in [0.1, 0.15) is 36.0 Å². The predicted octanol–water partition coefficient (Wildman–Crippen LogP) is 6.53. The highest BCUT2D eigenvalue weighted by Gasteiger charge is 2.09. The van der Waals surface area contributed by atoms with E-state index in [1.54, 1.807) is 24.8 Å². The molecule has 0 amide bonds. The van der Waals surface area contributed by atoms with Crippen molar-refractivity contribution in [1.29, 1.82) is 0 Å². The smallest absolute Gasteiger partial charge is 0.141 e. The lowest BCUT2D eigenvalue weighted by Crippen LogP contribution is -2.04. The Bertz CT molecular complexity index is 1430. The van der Waals surface area contributed by atoms with Gasteiger partial charge in [-0.15, -0.1) is 23.7 Å². The summed E-state index contributed by atoms with van der Waals surface area (Å²) < 4.78 is 18.0. The lowest BCUT2D eigenvalue weighted by molar-refractivity contribution is 0.146. The van der Waals surface area contributed by atoms with Crippen LogP contribution in [0.2, 0.25) is 0 Å². The third-order valence-electron chi connectivity index (χ3n) is 5.13. The van der Waals surface area contributed by atoms with Crippen molar-refractivity contribution in [2.24, 2.45) is 0 Å². The minimum atomic E-state index is 0. The number of fused-ring (bicyclic) bond motifs is 2.